The first-order chi connectivity index (χ1) is 8.69. The van der Waals surface area contributed by atoms with Gasteiger partial charge < -0.3 is 15.7 Å². The number of thiazole rings is 1. The number of carbonyl (C=O) groups excluding carboxylic acids is 1. The molecule has 0 radical (unpaired) electrons. The van der Waals surface area contributed by atoms with Crippen molar-refractivity contribution >= 4 is 34.1 Å². The molecule has 0 saturated carbocycles. The van der Waals surface area contributed by atoms with Crippen molar-refractivity contribution < 1.29 is 9.90 Å². The third kappa shape index (κ3) is 2.96. The summed E-state index contributed by atoms with van der Waals surface area (Å²) in [7, 11) is 1.77. The van der Waals surface area contributed by atoms with E-state index in [1.807, 2.05) is 11.8 Å². The number of carbonyl (C=O) groups is 1. The Morgan fingerprint density at radius 2 is 2.28 bits per heavy atom. The lowest BCUT2D eigenvalue weighted by atomic mass is 9.93. The van der Waals surface area contributed by atoms with Crippen LogP contribution in [0.25, 0.3) is 0 Å². The molecule has 1 aromatic rings. The van der Waals surface area contributed by atoms with Gasteiger partial charge in [-0.2, -0.15) is 11.8 Å². The second-order valence-corrected chi connectivity index (χ2v) is 6.38. The summed E-state index contributed by atoms with van der Waals surface area (Å²) in [5, 5.41) is 17.8. The molecule has 0 bridgehead atoms. The van der Waals surface area contributed by atoms with Gasteiger partial charge in [-0.25, -0.2) is 4.98 Å². The first-order valence-corrected chi connectivity index (χ1v) is 7.87. The number of aliphatic hydroxyl groups is 1. The molecule has 18 heavy (non-hydrogen) atoms. The quantitative estimate of drug-likeness (QED) is 0.775. The van der Waals surface area contributed by atoms with Crippen LogP contribution in [0.1, 0.15) is 23.3 Å². The number of hydrogen-bond donors (Lipinski definition) is 3. The van der Waals surface area contributed by atoms with Crippen molar-refractivity contribution in [2.24, 2.45) is 0 Å². The molecule has 2 heterocycles. The largest absolute Gasteiger partial charge is 0.394 e. The number of amides is 1. The minimum Gasteiger partial charge on any atom is -0.394 e. The number of aromatic nitrogens is 1. The van der Waals surface area contributed by atoms with Gasteiger partial charge in [0, 0.05) is 12.4 Å². The molecule has 2 rings (SSSR count). The lowest BCUT2D eigenvalue weighted by Crippen LogP contribution is -2.53. The highest BCUT2D eigenvalue weighted by atomic mass is 32.2. The van der Waals surface area contributed by atoms with Crippen LogP contribution >= 0.6 is 23.1 Å². The third-order valence-electron chi connectivity index (χ3n) is 3.08. The minimum absolute atomic E-state index is 0.0116. The van der Waals surface area contributed by atoms with E-state index in [2.05, 4.69) is 15.6 Å². The number of aliphatic hydroxyl groups excluding tert-OH is 1. The summed E-state index contributed by atoms with van der Waals surface area (Å²) in [6, 6.07) is 0. The Kier molecular flexibility index (Phi) is 4.47. The van der Waals surface area contributed by atoms with E-state index in [1.54, 1.807) is 12.4 Å². The third-order valence-corrected chi connectivity index (χ3v) is 4.93. The van der Waals surface area contributed by atoms with Gasteiger partial charge in [-0.05, 0) is 24.3 Å². The van der Waals surface area contributed by atoms with Gasteiger partial charge in [0.2, 0.25) is 0 Å². The maximum absolute atomic E-state index is 12.1. The van der Waals surface area contributed by atoms with Crippen molar-refractivity contribution in [1.29, 1.82) is 0 Å². The molecule has 0 unspecified atom stereocenters. The van der Waals surface area contributed by atoms with Crippen LogP contribution in [-0.2, 0) is 0 Å². The van der Waals surface area contributed by atoms with Gasteiger partial charge >= 0.3 is 0 Å². The maximum Gasteiger partial charge on any atom is 0.271 e. The number of nitrogens with zero attached hydrogens (tertiary/aromatic N) is 1. The van der Waals surface area contributed by atoms with Crippen LogP contribution in [-0.4, -0.2) is 46.7 Å². The van der Waals surface area contributed by atoms with E-state index < -0.39 is 5.54 Å². The molecule has 0 aliphatic carbocycles. The average molecular weight is 287 g/mol. The molecule has 1 fully saturated rings. The summed E-state index contributed by atoms with van der Waals surface area (Å²) in [4.78, 5) is 16.3. The highest BCUT2D eigenvalue weighted by Crippen LogP contribution is 2.27. The Morgan fingerprint density at radius 3 is 2.83 bits per heavy atom. The zero-order valence-electron chi connectivity index (χ0n) is 10.2. The molecule has 100 valence electrons. The van der Waals surface area contributed by atoms with E-state index in [-0.39, 0.29) is 12.5 Å². The molecule has 1 aromatic heterocycles. The fourth-order valence-corrected chi connectivity index (χ4v) is 3.81. The van der Waals surface area contributed by atoms with E-state index in [4.69, 9.17) is 0 Å². The summed E-state index contributed by atoms with van der Waals surface area (Å²) >= 11 is 3.25. The number of rotatable bonds is 4. The number of hydrogen-bond acceptors (Lipinski definition) is 6. The summed E-state index contributed by atoms with van der Waals surface area (Å²) in [6.07, 6.45) is 1.62. The van der Waals surface area contributed by atoms with Gasteiger partial charge in [-0.15, -0.1) is 11.3 Å². The van der Waals surface area contributed by atoms with Crippen LogP contribution in [0.2, 0.25) is 0 Å². The highest BCUT2D eigenvalue weighted by molar-refractivity contribution is 7.99. The molecule has 1 aliphatic rings. The van der Waals surface area contributed by atoms with E-state index in [0.717, 1.165) is 29.5 Å². The van der Waals surface area contributed by atoms with Crippen LogP contribution in [0.5, 0.6) is 0 Å². The number of anilines is 1. The predicted molar refractivity (Wildman–Crippen MR) is 75.5 cm³/mol. The molecule has 5 nitrogen and oxygen atoms in total. The standard InChI is InChI=1S/C11H17N3O2S2/c1-12-10-13-8(6-18-10)9(16)14-11(7-15)2-4-17-5-3-11/h6,15H,2-5,7H2,1H3,(H,12,13)(H,14,16). The highest BCUT2D eigenvalue weighted by Gasteiger charge is 2.33. The summed E-state index contributed by atoms with van der Waals surface area (Å²) in [5.74, 6) is 1.74. The maximum atomic E-state index is 12.1. The molecule has 3 N–H and O–H groups in total. The first kappa shape index (κ1) is 13.6. The van der Waals surface area contributed by atoms with E-state index in [1.165, 1.54) is 11.3 Å². The monoisotopic (exact) mass is 287 g/mol. The fourth-order valence-electron chi connectivity index (χ4n) is 1.88. The molecule has 1 aliphatic heterocycles. The summed E-state index contributed by atoms with van der Waals surface area (Å²) < 4.78 is 0. The molecular weight excluding hydrogens is 270 g/mol. The lowest BCUT2D eigenvalue weighted by molar-refractivity contribution is 0.0813. The van der Waals surface area contributed by atoms with Crippen LogP contribution in [0.15, 0.2) is 5.38 Å². The van der Waals surface area contributed by atoms with Crippen LogP contribution in [0.3, 0.4) is 0 Å². The van der Waals surface area contributed by atoms with Crippen LogP contribution < -0.4 is 10.6 Å². The van der Waals surface area contributed by atoms with Gasteiger partial charge in [0.15, 0.2) is 5.13 Å². The molecule has 1 saturated heterocycles. The van der Waals surface area contributed by atoms with Gasteiger partial charge in [-0.3, -0.25) is 4.79 Å². The van der Waals surface area contributed by atoms with Crippen molar-refractivity contribution in [3.63, 3.8) is 0 Å². The van der Waals surface area contributed by atoms with Crippen LogP contribution in [0, 0.1) is 0 Å². The lowest BCUT2D eigenvalue weighted by Gasteiger charge is -2.35. The Hall–Kier alpha value is -0.790. The van der Waals surface area contributed by atoms with Gasteiger partial charge in [-0.1, -0.05) is 0 Å². The number of nitrogens with one attached hydrogen (secondary N) is 2. The van der Waals surface area contributed by atoms with Crippen LogP contribution in [0.4, 0.5) is 5.13 Å². The fraction of sp³-hybridized carbons (Fsp3) is 0.636. The van der Waals surface area contributed by atoms with Crippen molar-refractivity contribution in [2.75, 3.05) is 30.5 Å². The van der Waals surface area contributed by atoms with Crippen molar-refractivity contribution in [3.05, 3.63) is 11.1 Å². The zero-order valence-corrected chi connectivity index (χ0v) is 11.9. The minimum atomic E-state index is -0.467. The molecule has 7 heteroatoms. The second-order valence-electron chi connectivity index (χ2n) is 4.29. The number of thioether (sulfide) groups is 1. The van der Waals surface area contributed by atoms with E-state index >= 15 is 0 Å². The molecular formula is C11H17N3O2S2. The summed E-state index contributed by atoms with van der Waals surface area (Å²) in [5.41, 5.74) is -0.0541. The molecule has 0 spiro atoms. The van der Waals surface area contributed by atoms with Gasteiger partial charge in [0.25, 0.3) is 5.91 Å². The molecule has 0 aromatic carbocycles. The SMILES string of the molecule is CNc1nc(C(=O)NC2(CO)CCSCC2)cs1. The topological polar surface area (TPSA) is 74.2 Å². The first-order valence-electron chi connectivity index (χ1n) is 5.83. The van der Waals surface area contributed by atoms with Crippen molar-refractivity contribution in [2.45, 2.75) is 18.4 Å². The van der Waals surface area contributed by atoms with E-state index in [9.17, 15) is 9.90 Å². The normalized spacial score (nSPS) is 18.3. The summed E-state index contributed by atoms with van der Waals surface area (Å²) in [6.45, 7) is -0.0116. The zero-order chi connectivity index (χ0) is 13.0. The van der Waals surface area contributed by atoms with Gasteiger partial charge in [0.1, 0.15) is 5.69 Å². The smallest absolute Gasteiger partial charge is 0.271 e. The second kappa shape index (κ2) is 5.90. The van der Waals surface area contributed by atoms with Gasteiger partial charge in [0.05, 0.1) is 12.1 Å². The van der Waals surface area contributed by atoms with Crippen molar-refractivity contribution in [3.8, 4) is 0 Å². The predicted octanol–water partition coefficient (Wildman–Crippen LogP) is 1.17. The molecule has 0 atom stereocenters. The average Bonchev–Trinajstić information content (AvgIpc) is 2.88. The Balaban J connectivity index is 2.04. The Bertz CT molecular complexity index is 416. The Labute approximate surface area is 114 Å². The Morgan fingerprint density at radius 1 is 1.56 bits per heavy atom. The van der Waals surface area contributed by atoms with E-state index in [0.29, 0.717) is 5.69 Å². The van der Waals surface area contributed by atoms with Crippen molar-refractivity contribution in [1.82, 2.24) is 10.3 Å². The molecule has 1 amide bonds.